The van der Waals surface area contributed by atoms with Gasteiger partial charge >= 0.3 is 0 Å². The first-order valence-electron chi connectivity index (χ1n) is 6.84. The van der Waals surface area contributed by atoms with E-state index in [9.17, 15) is 14.9 Å². The molecule has 6 nitrogen and oxygen atoms in total. The number of fused-ring (bicyclic) bond motifs is 1. The molecule has 0 aliphatic carbocycles. The van der Waals surface area contributed by atoms with Crippen molar-refractivity contribution < 1.29 is 9.72 Å². The number of nitro benzene ring substituents is 1. The number of likely N-dealkylation sites (N-methyl/N-ethyl adjacent to an activating group) is 1. The number of non-ortho nitro benzene ring substituents is 1. The van der Waals surface area contributed by atoms with Gasteiger partial charge in [-0.1, -0.05) is 18.2 Å². The third-order valence-corrected chi connectivity index (χ3v) is 4.62. The molecule has 7 heteroatoms. The second-order valence-corrected chi connectivity index (χ2v) is 6.22. The normalized spacial score (nSPS) is 14.1. The van der Waals surface area contributed by atoms with Gasteiger partial charge in [0.25, 0.3) is 5.69 Å². The second-order valence-electron chi connectivity index (χ2n) is 5.06. The maximum absolute atomic E-state index is 12.1. The third kappa shape index (κ3) is 2.83. The number of nitro groups is 1. The summed E-state index contributed by atoms with van der Waals surface area (Å²) in [5.74, 6) is -0.152. The molecule has 1 aliphatic rings. The van der Waals surface area contributed by atoms with Gasteiger partial charge in [-0.25, -0.2) is 0 Å². The maximum atomic E-state index is 12.1. The van der Waals surface area contributed by atoms with Crippen molar-refractivity contribution >= 4 is 45.6 Å². The number of carbonyl (C=O) groups is 1. The van der Waals surface area contributed by atoms with Crippen LogP contribution in [0.2, 0.25) is 0 Å². The molecule has 0 spiro atoms. The second kappa shape index (κ2) is 6.07. The molecule has 0 aromatic heterocycles. The SMILES string of the molecule is CN1C(=O)CN=C(c2ccccc2I)c2cc([N+](=O)[O-])ccc21. The Morgan fingerprint density at radius 1 is 1.22 bits per heavy atom. The first-order valence-corrected chi connectivity index (χ1v) is 7.91. The highest BCUT2D eigenvalue weighted by molar-refractivity contribution is 14.1. The number of hydrogen-bond acceptors (Lipinski definition) is 4. The maximum Gasteiger partial charge on any atom is 0.270 e. The van der Waals surface area contributed by atoms with Crippen LogP contribution in [0.25, 0.3) is 0 Å². The minimum absolute atomic E-state index is 0.0132. The van der Waals surface area contributed by atoms with E-state index in [1.807, 2.05) is 24.3 Å². The van der Waals surface area contributed by atoms with Crippen LogP contribution >= 0.6 is 22.6 Å². The van der Waals surface area contributed by atoms with Crippen LogP contribution in [0.5, 0.6) is 0 Å². The van der Waals surface area contributed by atoms with E-state index >= 15 is 0 Å². The minimum atomic E-state index is -0.444. The fourth-order valence-corrected chi connectivity index (χ4v) is 3.12. The van der Waals surface area contributed by atoms with Gasteiger partial charge in [-0.15, -0.1) is 0 Å². The zero-order chi connectivity index (χ0) is 16.6. The highest BCUT2D eigenvalue weighted by atomic mass is 127. The van der Waals surface area contributed by atoms with Crippen molar-refractivity contribution in [1.29, 1.82) is 0 Å². The summed E-state index contributed by atoms with van der Waals surface area (Å²) in [6.45, 7) is 0.0132. The number of hydrogen-bond donors (Lipinski definition) is 0. The van der Waals surface area contributed by atoms with Crippen LogP contribution in [0.15, 0.2) is 47.5 Å². The highest BCUT2D eigenvalue weighted by Crippen LogP contribution is 2.30. The highest BCUT2D eigenvalue weighted by Gasteiger charge is 2.25. The van der Waals surface area contributed by atoms with Crippen molar-refractivity contribution in [2.75, 3.05) is 18.5 Å². The molecule has 1 heterocycles. The van der Waals surface area contributed by atoms with Crippen molar-refractivity contribution in [3.63, 3.8) is 0 Å². The first-order chi connectivity index (χ1) is 11.0. The van der Waals surface area contributed by atoms with Crippen molar-refractivity contribution in [2.24, 2.45) is 4.99 Å². The number of aliphatic imine (C=N–C) groups is 1. The van der Waals surface area contributed by atoms with Gasteiger partial charge in [0.1, 0.15) is 6.54 Å². The predicted molar refractivity (Wildman–Crippen MR) is 96.2 cm³/mol. The van der Waals surface area contributed by atoms with Crippen LogP contribution in [0.4, 0.5) is 11.4 Å². The summed E-state index contributed by atoms with van der Waals surface area (Å²) >= 11 is 2.19. The smallest absolute Gasteiger partial charge is 0.270 e. The summed E-state index contributed by atoms with van der Waals surface area (Å²) in [5, 5.41) is 11.1. The number of carbonyl (C=O) groups excluding carboxylic acids is 1. The fourth-order valence-electron chi connectivity index (χ4n) is 2.48. The van der Waals surface area contributed by atoms with Crippen LogP contribution < -0.4 is 4.90 Å². The molecular formula is C16H12IN3O3. The summed E-state index contributed by atoms with van der Waals surface area (Å²) < 4.78 is 0.971. The quantitative estimate of drug-likeness (QED) is 0.425. The van der Waals surface area contributed by atoms with Gasteiger partial charge in [-0.2, -0.15) is 0 Å². The largest absolute Gasteiger partial charge is 0.313 e. The number of rotatable bonds is 2. The van der Waals surface area contributed by atoms with Crippen LogP contribution in [0.3, 0.4) is 0 Å². The topological polar surface area (TPSA) is 75.8 Å². The fraction of sp³-hybridized carbons (Fsp3) is 0.125. The molecule has 0 N–H and O–H groups in total. The van der Waals surface area contributed by atoms with E-state index in [1.165, 1.54) is 17.0 Å². The molecule has 0 unspecified atom stereocenters. The standard InChI is InChI=1S/C16H12IN3O3/c1-19-14-7-6-10(20(22)23)8-12(14)16(18-9-15(19)21)11-4-2-3-5-13(11)17/h2-8H,9H2,1H3. The molecule has 0 saturated carbocycles. The Labute approximate surface area is 146 Å². The molecule has 0 fully saturated rings. The number of benzene rings is 2. The Kier molecular flexibility index (Phi) is 4.12. The third-order valence-electron chi connectivity index (χ3n) is 3.68. The molecular weight excluding hydrogens is 409 g/mol. The summed E-state index contributed by atoms with van der Waals surface area (Å²) in [6, 6.07) is 12.1. The summed E-state index contributed by atoms with van der Waals surface area (Å²) in [7, 11) is 1.65. The van der Waals surface area contributed by atoms with Crippen molar-refractivity contribution in [3.05, 3.63) is 67.3 Å². The van der Waals surface area contributed by atoms with Gasteiger partial charge < -0.3 is 4.90 Å². The lowest BCUT2D eigenvalue weighted by atomic mass is 9.99. The van der Waals surface area contributed by atoms with E-state index < -0.39 is 4.92 Å². The van der Waals surface area contributed by atoms with E-state index in [0.717, 1.165) is 9.13 Å². The molecule has 1 aliphatic heterocycles. The Balaban J connectivity index is 2.27. The van der Waals surface area contributed by atoms with E-state index in [0.29, 0.717) is 17.0 Å². The van der Waals surface area contributed by atoms with Gasteiger partial charge in [-0.3, -0.25) is 19.9 Å². The van der Waals surface area contributed by atoms with Gasteiger partial charge in [-0.05, 0) is 34.7 Å². The molecule has 2 aromatic rings. The Bertz CT molecular complexity index is 848. The molecule has 0 atom stereocenters. The monoisotopic (exact) mass is 421 g/mol. The van der Waals surface area contributed by atoms with Crippen molar-refractivity contribution in [2.45, 2.75) is 0 Å². The van der Waals surface area contributed by atoms with Crippen LogP contribution in [-0.2, 0) is 4.79 Å². The molecule has 0 saturated heterocycles. The minimum Gasteiger partial charge on any atom is -0.313 e. The predicted octanol–water partition coefficient (Wildman–Crippen LogP) is 3.01. The Hall–Kier alpha value is -2.29. The van der Waals surface area contributed by atoms with Crippen molar-refractivity contribution in [3.8, 4) is 0 Å². The lowest BCUT2D eigenvalue weighted by Gasteiger charge is -2.18. The van der Waals surface area contributed by atoms with Crippen LogP contribution in [0.1, 0.15) is 11.1 Å². The van der Waals surface area contributed by atoms with Gasteiger partial charge in [0.15, 0.2) is 0 Å². The average Bonchev–Trinajstić information content (AvgIpc) is 2.66. The van der Waals surface area contributed by atoms with Crippen molar-refractivity contribution in [1.82, 2.24) is 0 Å². The van der Waals surface area contributed by atoms with Gasteiger partial charge in [0.2, 0.25) is 5.91 Å². The molecule has 116 valence electrons. The number of anilines is 1. The molecule has 2 aromatic carbocycles. The molecule has 0 radical (unpaired) electrons. The number of nitrogens with zero attached hydrogens (tertiary/aromatic N) is 3. The first kappa shape index (κ1) is 15.6. The van der Waals surface area contributed by atoms with E-state index in [2.05, 4.69) is 27.6 Å². The number of amides is 1. The van der Waals surface area contributed by atoms with Gasteiger partial charge in [0.05, 0.1) is 16.3 Å². The summed E-state index contributed by atoms with van der Waals surface area (Å²) in [6.07, 6.45) is 0. The Morgan fingerprint density at radius 3 is 2.65 bits per heavy atom. The zero-order valence-electron chi connectivity index (χ0n) is 12.2. The summed E-state index contributed by atoms with van der Waals surface area (Å²) in [4.78, 5) is 28.7. The molecule has 23 heavy (non-hydrogen) atoms. The molecule has 0 bridgehead atoms. The van der Waals surface area contributed by atoms with Crippen LogP contribution in [-0.4, -0.2) is 30.1 Å². The number of benzodiazepines with no additional fused rings is 1. The zero-order valence-corrected chi connectivity index (χ0v) is 14.4. The van der Waals surface area contributed by atoms with E-state index in [1.54, 1.807) is 13.1 Å². The lowest BCUT2D eigenvalue weighted by molar-refractivity contribution is -0.384. The molecule has 1 amide bonds. The van der Waals surface area contributed by atoms with Gasteiger partial charge in [0, 0.05) is 33.9 Å². The van der Waals surface area contributed by atoms with E-state index in [4.69, 9.17) is 0 Å². The van der Waals surface area contributed by atoms with Crippen LogP contribution in [0, 0.1) is 13.7 Å². The Morgan fingerprint density at radius 2 is 1.96 bits per heavy atom. The average molecular weight is 421 g/mol. The summed E-state index contributed by atoms with van der Waals surface area (Å²) in [5.41, 5.74) is 2.66. The molecule has 3 rings (SSSR count). The van der Waals surface area contributed by atoms with E-state index in [-0.39, 0.29) is 18.1 Å². The lowest BCUT2D eigenvalue weighted by Crippen LogP contribution is -2.27. The number of halogens is 1.